The molecule has 0 N–H and O–H groups in total. The summed E-state index contributed by atoms with van der Waals surface area (Å²) in [6.45, 7) is 5.50. The number of amides is 1. The van der Waals surface area contributed by atoms with Crippen LogP contribution in [-0.4, -0.2) is 66.9 Å². The number of methoxy groups -OCH3 is 1. The molecule has 0 aromatic heterocycles. The van der Waals surface area contributed by atoms with Crippen molar-refractivity contribution in [1.82, 2.24) is 9.80 Å². The number of likely N-dealkylation sites (N-methyl/N-ethyl adjacent to an activating group) is 1. The van der Waals surface area contributed by atoms with Crippen LogP contribution < -0.4 is 4.74 Å². The number of hydrogen-bond acceptors (Lipinski definition) is 4. The zero-order valence-corrected chi connectivity index (χ0v) is 28.7. The number of likely N-dealkylation sites (tertiary alicyclic amines) is 1. The monoisotopic (exact) mass is 654 g/mol. The first kappa shape index (κ1) is 33.2. The molecule has 0 saturated carbocycles. The van der Waals surface area contributed by atoms with Gasteiger partial charge in [-0.25, -0.2) is 0 Å². The van der Waals surface area contributed by atoms with Crippen LogP contribution in [0.2, 0.25) is 10.0 Å². The molecule has 2 aliphatic rings. The van der Waals surface area contributed by atoms with Crippen molar-refractivity contribution >= 4 is 40.3 Å². The van der Waals surface area contributed by atoms with Gasteiger partial charge in [-0.05, 0) is 129 Å². The largest absolute Gasteiger partial charge is 0.612 e. The highest BCUT2D eigenvalue weighted by Gasteiger charge is 2.29. The quantitative estimate of drug-likeness (QED) is 0.208. The van der Waals surface area contributed by atoms with Gasteiger partial charge >= 0.3 is 0 Å². The van der Waals surface area contributed by atoms with Gasteiger partial charge in [0.05, 0.1) is 22.7 Å². The Bertz CT molecular complexity index is 1470. The molecule has 5 rings (SSSR count). The highest BCUT2D eigenvalue weighted by molar-refractivity contribution is 7.90. The molecule has 1 aliphatic heterocycles. The van der Waals surface area contributed by atoms with Crippen molar-refractivity contribution < 1.29 is 14.1 Å². The second-order valence-electron chi connectivity index (χ2n) is 12.4. The maximum Gasteiger partial charge on any atom is 0.257 e. The van der Waals surface area contributed by atoms with Crippen LogP contribution >= 0.6 is 23.2 Å². The number of carbonyl (C=O) groups excluding carboxylic acids is 1. The summed E-state index contributed by atoms with van der Waals surface area (Å²) >= 11 is 11.8. The molecule has 1 amide bonds. The number of piperidine rings is 1. The Hall–Kier alpha value is -2.22. The second kappa shape index (κ2) is 14.9. The summed E-state index contributed by atoms with van der Waals surface area (Å²) in [5.74, 6) is 1.23. The van der Waals surface area contributed by atoms with Crippen LogP contribution in [0, 0.1) is 6.92 Å². The summed E-state index contributed by atoms with van der Waals surface area (Å²) in [6.07, 6.45) is 8.91. The molecule has 8 heteroatoms. The van der Waals surface area contributed by atoms with E-state index in [2.05, 4.69) is 23.1 Å². The highest BCUT2D eigenvalue weighted by atomic mass is 35.5. The van der Waals surface area contributed by atoms with Crippen molar-refractivity contribution in [2.24, 2.45) is 0 Å². The zero-order valence-electron chi connectivity index (χ0n) is 26.3. The summed E-state index contributed by atoms with van der Waals surface area (Å²) in [5.41, 5.74) is 6.50. The Morgan fingerprint density at radius 1 is 1.09 bits per heavy atom. The molecule has 44 heavy (non-hydrogen) atoms. The summed E-state index contributed by atoms with van der Waals surface area (Å²) in [5, 5.41) is 1.07. The number of halogens is 2. The van der Waals surface area contributed by atoms with Gasteiger partial charge in [-0.1, -0.05) is 53.5 Å². The number of fused-ring (bicyclic) bond motifs is 1. The summed E-state index contributed by atoms with van der Waals surface area (Å²) in [7, 11) is 3.57. The Morgan fingerprint density at radius 2 is 1.82 bits per heavy atom. The molecule has 5 nitrogen and oxygen atoms in total. The van der Waals surface area contributed by atoms with E-state index in [1.54, 1.807) is 13.4 Å². The molecular formula is C36H44Cl2N2O3S. The number of carbonyl (C=O) groups is 1. The van der Waals surface area contributed by atoms with Gasteiger partial charge in [0.1, 0.15) is 12.0 Å². The van der Waals surface area contributed by atoms with E-state index in [9.17, 15) is 9.35 Å². The summed E-state index contributed by atoms with van der Waals surface area (Å²) in [6, 6.07) is 16.2. The Morgan fingerprint density at radius 3 is 2.52 bits per heavy atom. The van der Waals surface area contributed by atoms with Crippen molar-refractivity contribution in [2.75, 3.05) is 46.6 Å². The van der Waals surface area contributed by atoms with Crippen LogP contribution in [0.25, 0.3) is 0 Å². The number of hydrogen-bond donors (Lipinski definition) is 0. The molecule has 0 radical (unpaired) electrons. The van der Waals surface area contributed by atoms with E-state index in [-0.39, 0.29) is 11.8 Å². The van der Waals surface area contributed by atoms with Gasteiger partial charge in [-0.2, -0.15) is 0 Å². The van der Waals surface area contributed by atoms with Crippen molar-refractivity contribution in [3.05, 3.63) is 92.0 Å². The Balaban J connectivity index is 1.31. The maximum atomic E-state index is 14.2. The number of aryl methyl sites for hydroxylation is 2. The first-order chi connectivity index (χ1) is 21.2. The van der Waals surface area contributed by atoms with Crippen LogP contribution in [0.15, 0.2) is 53.4 Å². The van der Waals surface area contributed by atoms with Crippen LogP contribution in [0.1, 0.15) is 82.1 Å². The minimum Gasteiger partial charge on any atom is -0.612 e. The molecule has 1 saturated heterocycles. The lowest BCUT2D eigenvalue weighted by Gasteiger charge is -2.34. The Kier molecular flexibility index (Phi) is 11.2. The van der Waals surface area contributed by atoms with Crippen molar-refractivity contribution in [3.8, 4) is 5.75 Å². The molecule has 0 bridgehead atoms. The lowest BCUT2D eigenvalue weighted by molar-refractivity contribution is 0.0776. The predicted octanol–water partition coefficient (Wildman–Crippen LogP) is 8.05. The number of nitrogens with zero attached hydrogens (tertiary/aromatic N) is 2. The van der Waals surface area contributed by atoms with Gasteiger partial charge in [0.2, 0.25) is 0 Å². The fourth-order valence-electron chi connectivity index (χ4n) is 7.14. The van der Waals surface area contributed by atoms with Crippen LogP contribution in [0.4, 0.5) is 0 Å². The number of ether oxygens (including phenoxy) is 1. The topological polar surface area (TPSA) is 55.8 Å². The molecule has 1 aliphatic carbocycles. The molecule has 236 valence electrons. The van der Waals surface area contributed by atoms with Gasteiger partial charge in [0, 0.05) is 25.1 Å². The van der Waals surface area contributed by atoms with Gasteiger partial charge in [0.25, 0.3) is 5.91 Å². The van der Waals surface area contributed by atoms with Crippen LogP contribution in [-0.2, 0) is 24.0 Å². The molecule has 0 unspecified atom stereocenters. The van der Waals surface area contributed by atoms with Gasteiger partial charge in [-0.3, -0.25) is 4.79 Å². The molecule has 1 fully saturated rings. The van der Waals surface area contributed by atoms with Crippen LogP contribution in [0.3, 0.4) is 0 Å². The highest BCUT2D eigenvalue weighted by Crippen LogP contribution is 2.37. The SMILES string of the molecule is COc1c(C)cc2c(c1C(=O)N(C)C[C@@H](CCN1CCC(c3ccccc3[S@+](C)[O-])CC1)c1ccc(Cl)c(Cl)c1)CCCC2. The maximum absolute atomic E-state index is 14.2. The van der Waals surface area contributed by atoms with Gasteiger partial charge in [0.15, 0.2) is 4.90 Å². The normalized spacial score (nSPS) is 17.2. The minimum absolute atomic E-state index is 0.0153. The van der Waals surface area contributed by atoms with Crippen molar-refractivity contribution in [3.63, 3.8) is 0 Å². The average molecular weight is 656 g/mol. The third-order valence-corrected chi connectivity index (χ3v) is 11.2. The van der Waals surface area contributed by atoms with E-state index in [4.69, 9.17) is 27.9 Å². The minimum atomic E-state index is -0.988. The van der Waals surface area contributed by atoms with Gasteiger partial charge in [-0.15, -0.1) is 0 Å². The molecule has 3 aromatic carbocycles. The fourth-order valence-corrected chi connectivity index (χ4v) is 8.29. The van der Waals surface area contributed by atoms with E-state index in [1.165, 1.54) is 11.1 Å². The average Bonchev–Trinajstić information content (AvgIpc) is 3.03. The Labute approximate surface area is 276 Å². The smallest absolute Gasteiger partial charge is 0.257 e. The van der Waals surface area contributed by atoms with E-state index < -0.39 is 11.2 Å². The zero-order chi connectivity index (χ0) is 31.4. The molecule has 0 spiro atoms. The summed E-state index contributed by atoms with van der Waals surface area (Å²) in [4.78, 5) is 19.5. The molecule has 3 aromatic rings. The van der Waals surface area contributed by atoms with Gasteiger partial charge < -0.3 is 19.1 Å². The van der Waals surface area contributed by atoms with Crippen molar-refractivity contribution in [2.45, 2.75) is 68.6 Å². The third-order valence-electron chi connectivity index (χ3n) is 9.51. The van der Waals surface area contributed by atoms with E-state index >= 15 is 0 Å². The summed E-state index contributed by atoms with van der Waals surface area (Å²) < 4.78 is 18.1. The van der Waals surface area contributed by atoms with Crippen molar-refractivity contribution in [1.29, 1.82) is 0 Å². The van der Waals surface area contributed by atoms with E-state index in [1.807, 2.05) is 49.2 Å². The second-order valence-corrected chi connectivity index (χ2v) is 14.6. The van der Waals surface area contributed by atoms with E-state index in [0.717, 1.165) is 91.7 Å². The first-order valence-corrected chi connectivity index (χ1v) is 18.0. The first-order valence-electron chi connectivity index (χ1n) is 15.7. The van der Waals surface area contributed by atoms with Crippen LogP contribution in [0.5, 0.6) is 5.75 Å². The molecular weight excluding hydrogens is 611 g/mol. The standard InChI is InChI=1S/C36H44Cl2N2O3S/c1-24-21-27-9-5-6-11-30(27)34(35(24)43-3)36(41)39(2)23-28(26-13-14-31(37)32(38)22-26)17-20-40-18-15-25(16-19-40)29-10-7-8-12-33(29)44(4)42/h7-8,10,12-14,21-22,25,28H,5-6,9,11,15-20,23H2,1-4H3/t28-,44+/m1/s1. The van der Waals surface area contributed by atoms with E-state index in [0.29, 0.717) is 28.3 Å². The lowest BCUT2D eigenvalue weighted by Crippen LogP contribution is -2.37. The predicted molar refractivity (Wildman–Crippen MR) is 182 cm³/mol. The number of benzene rings is 3. The lowest BCUT2D eigenvalue weighted by atomic mass is 9.85. The fraction of sp³-hybridized carbons (Fsp3) is 0.472. The molecule has 2 atom stereocenters. The third kappa shape index (κ3) is 7.42. The number of rotatable bonds is 10. The molecule has 1 heterocycles.